The first-order valence-corrected chi connectivity index (χ1v) is 11.8. The van der Waals surface area contributed by atoms with Crippen molar-refractivity contribution in [2.75, 3.05) is 0 Å². The van der Waals surface area contributed by atoms with Gasteiger partial charge in [0, 0.05) is 31.6 Å². The molecule has 8 atom stereocenters. The number of primary amides is 1. The lowest BCUT2D eigenvalue weighted by Crippen LogP contribution is -2.61. The molecule has 0 aromatic carbocycles. The second-order valence-electron chi connectivity index (χ2n) is 11.7. The summed E-state index contributed by atoms with van der Waals surface area (Å²) in [7, 11) is 0. The highest BCUT2D eigenvalue weighted by atomic mass is 19.3. The monoisotopic (exact) mass is 431 g/mol. The van der Waals surface area contributed by atoms with Gasteiger partial charge < -0.3 is 5.73 Å². The van der Waals surface area contributed by atoms with Gasteiger partial charge in [0.15, 0.2) is 0 Å². The minimum atomic E-state index is -2.88. The van der Waals surface area contributed by atoms with Crippen molar-refractivity contribution >= 4 is 5.91 Å². The summed E-state index contributed by atoms with van der Waals surface area (Å²) in [5.41, 5.74) is 4.77. The molecule has 0 aromatic heterocycles. The summed E-state index contributed by atoms with van der Waals surface area (Å²) in [4.78, 5) is 11.2. The quantitative estimate of drug-likeness (QED) is 0.512. The largest absolute Gasteiger partial charge is 0.370 e. The number of nitrogens with two attached hydrogens (primary N) is 1. The van der Waals surface area contributed by atoms with Crippen LogP contribution in [0.1, 0.15) is 85.0 Å². The van der Waals surface area contributed by atoms with Crippen molar-refractivity contribution in [1.82, 2.24) is 0 Å². The van der Waals surface area contributed by atoms with Gasteiger partial charge in [0.05, 0.1) is 0 Å². The Kier molecular flexibility index (Phi) is 5.30. The summed E-state index contributed by atoms with van der Waals surface area (Å²) in [5, 5.41) is 0. The number of fused-ring (bicyclic) bond motifs is 5. The van der Waals surface area contributed by atoms with E-state index in [0.29, 0.717) is 31.6 Å². The summed E-state index contributed by atoms with van der Waals surface area (Å²) in [6.07, 6.45) is 3.80. The van der Waals surface area contributed by atoms with Crippen LogP contribution in [0.25, 0.3) is 0 Å². The smallest absolute Gasteiger partial charge is 0.251 e. The lowest BCUT2D eigenvalue weighted by molar-refractivity contribution is -0.249. The van der Waals surface area contributed by atoms with Gasteiger partial charge in [-0.15, -0.1) is 0 Å². The molecule has 4 saturated carbocycles. The molecular formula is C24H37F4NO. The molecule has 4 rings (SSSR count). The fraction of sp³-hybridized carbons (Fsp3) is 0.958. The van der Waals surface area contributed by atoms with E-state index in [4.69, 9.17) is 5.73 Å². The molecule has 172 valence electrons. The predicted molar refractivity (Wildman–Crippen MR) is 108 cm³/mol. The van der Waals surface area contributed by atoms with Crippen LogP contribution in [0.15, 0.2) is 0 Å². The van der Waals surface area contributed by atoms with Crippen LogP contribution in [0.3, 0.4) is 0 Å². The highest BCUT2D eigenvalue weighted by molar-refractivity contribution is 5.73. The molecule has 0 heterocycles. The fourth-order valence-electron chi connectivity index (χ4n) is 8.62. The molecule has 0 aromatic rings. The normalized spacial score (nSPS) is 47.6. The molecule has 1 amide bonds. The van der Waals surface area contributed by atoms with Gasteiger partial charge in [0.1, 0.15) is 0 Å². The number of amides is 1. The SMILES string of the molecule is CC(CCC(N)=O)C1CCC2C3C(CCC12C)C1(C)CCC(F)(F)CC1CC3(F)F. The molecule has 0 saturated heterocycles. The summed E-state index contributed by atoms with van der Waals surface area (Å²) in [6.45, 7) is 6.35. The van der Waals surface area contributed by atoms with Crippen molar-refractivity contribution in [3.05, 3.63) is 0 Å². The van der Waals surface area contributed by atoms with Gasteiger partial charge in [-0.05, 0) is 78.9 Å². The first kappa shape index (κ1) is 22.4. The number of alkyl halides is 4. The maximum absolute atomic E-state index is 15.6. The van der Waals surface area contributed by atoms with Crippen LogP contribution in [0, 0.1) is 46.3 Å². The Morgan fingerprint density at radius 1 is 0.967 bits per heavy atom. The molecule has 2 nitrogen and oxygen atoms in total. The zero-order chi connectivity index (χ0) is 22.1. The maximum atomic E-state index is 15.6. The summed E-state index contributed by atoms with van der Waals surface area (Å²) in [6, 6.07) is 0. The molecule has 4 aliphatic rings. The van der Waals surface area contributed by atoms with E-state index in [9.17, 15) is 13.6 Å². The Morgan fingerprint density at radius 2 is 1.63 bits per heavy atom. The summed E-state index contributed by atoms with van der Waals surface area (Å²) < 4.78 is 59.4. The summed E-state index contributed by atoms with van der Waals surface area (Å²) in [5.74, 6) is -6.90. The fourth-order valence-corrected chi connectivity index (χ4v) is 8.62. The van der Waals surface area contributed by atoms with Crippen molar-refractivity contribution in [1.29, 1.82) is 0 Å². The van der Waals surface area contributed by atoms with Gasteiger partial charge in [-0.1, -0.05) is 20.8 Å². The topological polar surface area (TPSA) is 43.1 Å². The van der Waals surface area contributed by atoms with Crippen LogP contribution < -0.4 is 5.73 Å². The van der Waals surface area contributed by atoms with Gasteiger partial charge in [-0.2, -0.15) is 0 Å². The standard InChI is InChI=1S/C24H37F4NO/c1-14(4-7-19(29)30)16-5-6-17-20-18(8-9-22(16,17)3)21(2)10-11-23(25,26)12-15(21)13-24(20,27)28/h14-18,20H,4-13H2,1-3H3,(H2,29,30). The second-order valence-corrected chi connectivity index (χ2v) is 11.7. The van der Waals surface area contributed by atoms with Crippen LogP contribution in [-0.4, -0.2) is 17.8 Å². The molecular weight excluding hydrogens is 394 g/mol. The maximum Gasteiger partial charge on any atom is 0.251 e. The molecule has 4 fully saturated rings. The van der Waals surface area contributed by atoms with E-state index < -0.39 is 29.1 Å². The first-order valence-electron chi connectivity index (χ1n) is 11.8. The van der Waals surface area contributed by atoms with E-state index in [1.54, 1.807) is 0 Å². The number of halogens is 4. The van der Waals surface area contributed by atoms with E-state index in [1.165, 1.54) is 0 Å². The van der Waals surface area contributed by atoms with Crippen molar-refractivity contribution in [3.63, 3.8) is 0 Å². The van der Waals surface area contributed by atoms with E-state index in [0.717, 1.165) is 19.3 Å². The van der Waals surface area contributed by atoms with Gasteiger partial charge in [0.2, 0.25) is 11.8 Å². The lowest BCUT2D eigenvalue weighted by atomic mass is 9.43. The number of carbonyl (C=O) groups is 1. The van der Waals surface area contributed by atoms with Gasteiger partial charge in [-0.3, -0.25) is 4.79 Å². The Bertz CT molecular complexity index is 697. The minimum absolute atomic E-state index is 0.0625. The molecule has 8 unspecified atom stereocenters. The number of rotatable bonds is 4. The third kappa shape index (κ3) is 3.39. The Labute approximate surface area is 177 Å². The number of hydrogen-bond donors (Lipinski definition) is 1. The van der Waals surface area contributed by atoms with Crippen LogP contribution in [0.2, 0.25) is 0 Å². The van der Waals surface area contributed by atoms with Crippen LogP contribution in [0.4, 0.5) is 17.6 Å². The van der Waals surface area contributed by atoms with E-state index in [2.05, 4.69) is 13.8 Å². The van der Waals surface area contributed by atoms with Crippen molar-refractivity contribution in [2.24, 2.45) is 52.1 Å². The van der Waals surface area contributed by atoms with E-state index in [1.807, 2.05) is 6.92 Å². The van der Waals surface area contributed by atoms with Crippen LogP contribution in [-0.2, 0) is 4.79 Å². The third-order valence-electron chi connectivity index (χ3n) is 10.2. The third-order valence-corrected chi connectivity index (χ3v) is 10.2. The molecule has 0 bridgehead atoms. The van der Waals surface area contributed by atoms with Crippen molar-refractivity contribution in [2.45, 2.75) is 96.8 Å². The Balaban J connectivity index is 1.61. The van der Waals surface area contributed by atoms with E-state index in [-0.39, 0.29) is 48.3 Å². The van der Waals surface area contributed by atoms with Crippen molar-refractivity contribution in [3.8, 4) is 0 Å². The zero-order valence-electron chi connectivity index (χ0n) is 18.5. The lowest BCUT2D eigenvalue weighted by Gasteiger charge is -2.63. The van der Waals surface area contributed by atoms with Crippen LogP contribution in [0.5, 0.6) is 0 Å². The predicted octanol–water partition coefficient (Wildman–Crippen LogP) is 6.43. The van der Waals surface area contributed by atoms with Gasteiger partial charge >= 0.3 is 0 Å². The first-order chi connectivity index (χ1) is 13.8. The van der Waals surface area contributed by atoms with Gasteiger partial charge in [-0.25, -0.2) is 17.6 Å². The Hall–Kier alpha value is -0.810. The minimum Gasteiger partial charge on any atom is -0.370 e. The molecule has 0 radical (unpaired) electrons. The highest BCUT2D eigenvalue weighted by Gasteiger charge is 2.69. The molecule has 2 N–H and O–H groups in total. The average Bonchev–Trinajstić information content (AvgIpc) is 2.98. The molecule has 0 aliphatic heterocycles. The molecule has 30 heavy (non-hydrogen) atoms. The van der Waals surface area contributed by atoms with Gasteiger partial charge in [0.25, 0.3) is 5.92 Å². The highest BCUT2D eigenvalue weighted by Crippen LogP contribution is 2.71. The van der Waals surface area contributed by atoms with Crippen LogP contribution >= 0.6 is 0 Å². The molecule has 0 spiro atoms. The average molecular weight is 432 g/mol. The zero-order valence-corrected chi connectivity index (χ0v) is 18.5. The van der Waals surface area contributed by atoms with Crippen molar-refractivity contribution < 1.29 is 22.4 Å². The number of hydrogen-bond acceptors (Lipinski definition) is 1. The molecule has 6 heteroatoms. The van der Waals surface area contributed by atoms with E-state index >= 15 is 8.78 Å². The molecule has 4 aliphatic carbocycles. The number of carbonyl (C=O) groups excluding carboxylic acids is 1. The summed E-state index contributed by atoms with van der Waals surface area (Å²) >= 11 is 0. The second kappa shape index (κ2) is 7.10. The Morgan fingerprint density at radius 3 is 2.30 bits per heavy atom.